The van der Waals surface area contributed by atoms with E-state index in [1.165, 1.54) is 24.3 Å². The van der Waals surface area contributed by atoms with Crippen LogP contribution in [0.5, 0.6) is 5.75 Å². The fourth-order valence-corrected chi connectivity index (χ4v) is 3.96. The summed E-state index contributed by atoms with van der Waals surface area (Å²) in [5.74, 6) is 5.93. The maximum Gasteiger partial charge on any atom is 0.373 e. The van der Waals surface area contributed by atoms with Crippen LogP contribution < -0.4 is 15.0 Å². The average Bonchev–Trinajstić information content (AvgIpc) is 2.77. The smallest absolute Gasteiger partial charge is 0.373 e. The molecule has 0 aliphatic rings. The highest BCUT2D eigenvalue weighted by Crippen LogP contribution is 2.32. The van der Waals surface area contributed by atoms with E-state index in [0.29, 0.717) is 17.7 Å². The van der Waals surface area contributed by atoms with Crippen molar-refractivity contribution in [2.24, 2.45) is 5.84 Å². The second-order valence-electron chi connectivity index (χ2n) is 6.94. The van der Waals surface area contributed by atoms with Gasteiger partial charge >= 0.3 is 10.3 Å². The molecule has 0 heterocycles. The van der Waals surface area contributed by atoms with Gasteiger partial charge in [0, 0.05) is 11.1 Å². The summed E-state index contributed by atoms with van der Waals surface area (Å²) >= 11 is 0. The quantitative estimate of drug-likeness (QED) is 0.155. The van der Waals surface area contributed by atoms with Gasteiger partial charge in [0.05, 0.1) is 12.3 Å². The second kappa shape index (κ2) is 7.99. The number of nitrogens with zero attached hydrogens (tertiary/aromatic N) is 1. The number of hydrogen-bond donors (Lipinski definition) is 2. The predicted molar refractivity (Wildman–Crippen MR) is 121 cm³/mol. The third-order valence-corrected chi connectivity index (χ3v) is 5.73. The number of ketones is 1. The zero-order valence-electron chi connectivity index (χ0n) is 16.6. The lowest BCUT2D eigenvalue weighted by Gasteiger charge is -2.15. The Labute approximate surface area is 179 Å². The van der Waals surface area contributed by atoms with Gasteiger partial charge in [-0.1, -0.05) is 30.3 Å². The van der Waals surface area contributed by atoms with Gasteiger partial charge in [-0.3, -0.25) is 9.35 Å². The number of hydrazine groups is 1. The van der Waals surface area contributed by atoms with Crippen molar-refractivity contribution < 1.29 is 22.5 Å². The first-order valence-corrected chi connectivity index (χ1v) is 10.9. The van der Waals surface area contributed by atoms with E-state index in [9.17, 15) is 13.2 Å². The predicted octanol–water partition coefficient (Wildman–Crippen LogP) is 4.11. The van der Waals surface area contributed by atoms with Gasteiger partial charge in [-0.2, -0.15) is 12.8 Å². The molecule has 4 aromatic carbocycles. The minimum absolute atomic E-state index is 0.0332. The van der Waals surface area contributed by atoms with E-state index in [4.69, 9.17) is 15.1 Å². The van der Waals surface area contributed by atoms with Crippen LogP contribution in [0.4, 0.5) is 5.69 Å². The second-order valence-corrected chi connectivity index (χ2v) is 8.22. The number of benzene rings is 4. The molecule has 31 heavy (non-hydrogen) atoms. The van der Waals surface area contributed by atoms with Gasteiger partial charge in [0.2, 0.25) is 0 Å². The van der Waals surface area contributed by atoms with Gasteiger partial charge in [0.1, 0.15) is 5.75 Å². The molecule has 0 radical (unpaired) electrons. The lowest BCUT2D eigenvalue weighted by atomic mass is 9.92. The number of carbonyl (C=O) groups excluding carboxylic acids is 1. The highest BCUT2D eigenvalue weighted by Gasteiger charge is 2.18. The molecular formula is C23H20N2O5S. The highest BCUT2D eigenvalue weighted by molar-refractivity contribution is 7.87. The van der Waals surface area contributed by atoms with E-state index in [-0.39, 0.29) is 15.9 Å². The van der Waals surface area contributed by atoms with Crippen LogP contribution in [-0.4, -0.2) is 25.4 Å². The van der Waals surface area contributed by atoms with Crippen LogP contribution in [0.15, 0.2) is 72.8 Å². The van der Waals surface area contributed by atoms with Crippen molar-refractivity contribution in [2.75, 3.05) is 11.0 Å². The lowest BCUT2D eigenvalue weighted by molar-refractivity contribution is 0.104. The standard InChI is InChI=1S/C23H20N2O5S/c1-2-30-18-12-9-16-13-22(20-6-4-3-5-19(20)21(16)14-18)23(26)15-7-10-17(11-8-15)25(24)31(27,28)29/h3-14H,2,24H2,1H3,(H,27,28,29). The van der Waals surface area contributed by atoms with E-state index >= 15 is 0 Å². The molecule has 0 bridgehead atoms. The van der Waals surface area contributed by atoms with Crippen LogP contribution in [0.25, 0.3) is 21.5 Å². The third-order valence-electron chi connectivity index (χ3n) is 5.02. The molecule has 0 saturated heterocycles. The lowest BCUT2D eigenvalue weighted by Crippen LogP contribution is -2.36. The largest absolute Gasteiger partial charge is 0.494 e. The topological polar surface area (TPSA) is 110 Å². The fourth-order valence-electron chi connectivity index (χ4n) is 3.57. The van der Waals surface area contributed by atoms with Crippen molar-refractivity contribution in [1.82, 2.24) is 0 Å². The van der Waals surface area contributed by atoms with Crippen LogP contribution in [0, 0.1) is 0 Å². The molecule has 0 aliphatic heterocycles. The van der Waals surface area contributed by atoms with Crippen LogP contribution in [-0.2, 0) is 10.3 Å². The summed E-state index contributed by atoms with van der Waals surface area (Å²) in [4.78, 5) is 13.3. The van der Waals surface area contributed by atoms with Crippen molar-refractivity contribution >= 4 is 43.3 Å². The van der Waals surface area contributed by atoms with Crippen molar-refractivity contribution in [2.45, 2.75) is 6.92 Å². The van der Waals surface area contributed by atoms with E-state index in [0.717, 1.165) is 27.3 Å². The Kier molecular flexibility index (Phi) is 5.36. The maximum atomic E-state index is 13.3. The zero-order chi connectivity index (χ0) is 22.2. The monoisotopic (exact) mass is 436 g/mol. The average molecular weight is 436 g/mol. The first-order chi connectivity index (χ1) is 14.8. The Bertz CT molecular complexity index is 1400. The van der Waals surface area contributed by atoms with Crippen molar-refractivity contribution in [3.05, 3.63) is 83.9 Å². The number of ether oxygens (including phenoxy) is 1. The SMILES string of the molecule is CCOc1ccc2cc(C(=O)c3ccc(N(N)S(=O)(=O)O)cc3)c3ccccc3c2c1. The summed E-state index contributed by atoms with van der Waals surface area (Å²) in [5.41, 5.74) is 0.924. The number of nitrogens with two attached hydrogens (primary N) is 1. The van der Waals surface area contributed by atoms with E-state index in [1.807, 2.05) is 55.5 Å². The van der Waals surface area contributed by atoms with Gasteiger partial charge < -0.3 is 4.74 Å². The van der Waals surface area contributed by atoms with E-state index in [2.05, 4.69) is 0 Å². The molecule has 8 heteroatoms. The molecule has 7 nitrogen and oxygen atoms in total. The first kappa shape index (κ1) is 20.8. The van der Waals surface area contributed by atoms with Crippen molar-refractivity contribution in [3.8, 4) is 5.75 Å². The zero-order valence-corrected chi connectivity index (χ0v) is 17.5. The van der Waals surface area contributed by atoms with Gasteiger partial charge in [-0.25, -0.2) is 5.84 Å². The van der Waals surface area contributed by atoms with Crippen LogP contribution in [0.3, 0.4) is 0 Å². The number of carbonyl (C=O) groups is 1. The minimum atomic E-state index is -4.59. The third kappa shape index (κ3) is 3.96. The molecule has 0 aliphatic carbocycles. The van der Waals surface area contributed by atoms with Crippen LogP contribution in [0.2, 0.25) is 0 Å². The molecule has 158 valence electrons. The Morgan fingerprint density at radius 3 is 2.29 bits per heavy atom. The van der Waals surface area contributed by atoms with Crippen molar-refractivity contribution in [3.63, 3.8) is 0 Å². The molecule has 0 saturated carbocycles. The normalized spacial score (nSPS) is 11.6. The fraction of sp³-hybridized carbons (Fsp3) is 0.0870. The maximum absolute atomic E-state index is 13.3. The molecule has 4 aromatic rings. The Balaban J connectivity index is 1.82. The van der Waals surface area contributed by atoms with E-state index in [1.54, 1.807) is 0 Å². The van der Waals surface area contributed by atoms with Crippen molar-refractivity contribution in [1.29, 1.82) is 0 Å². The highest BCUT2D eigenvalue weighted by atomic mass is 32.2. The number of hydrogen-bond acceptors (Lipinski definition) is 5. The molecule has 3 N–H and O–H groups in total. The molecular weight excluding hydrogens is 416 g/mol. The summed E-state index contributed by atoms with van der Waals surface area (Å²) < 4.78 is 37.3. The molecule has 0 atom stereocenters. The molecule has 0 amide bonds. The summed E-state index contributed by atoms with van der Waals surface area (Å²) in [7, 11) is -4.59. The van der Waals surface area contributed by atoms with Crippen LogP contribution in [0.1, 0.15) is 22.8 Å². The number of fused-ring (bicyclic) bond motifs is 3. The van der Waals surface area contributed by atoms with Gasteiger partial charge in [0.15, 0.2) is 5.78 Å². The molecule has 0 aromatic heterocycles. The summed E-state index contributed by atoms with van der Waals surface area (Å²) in [6, 6.07) is 20.9. The molecule has 4 rings (SSSR count). The Hall–Kier alpha value is -3.46. The van der Waals surface area contributed by atoms with Gasteiger partial charge in [-0.05, 0) is 70.9 Å². The first-order valence-electron chi connectivity index (χ1n) is 9.55. The molecule has 0 fully saturated rings. The van der Waals surface area contributed by atoms with Gasteiger partial charge in [-0.15, -0.1) is 0 Å². The Morgan fingerprint density at radius 2 is 1.65 bits per heavy atom. The Morgan fingerprint density at radius 1 is 0.968 bits per heavy atom. The van der Waals surface area contributed by atoms with E-state index < -0.39 is 10.3 Å². The summed E-state index contributed by atoms with van der Waals surface area (Å²) in [6.45, 7) is 2.49. The van der Waals surface area contributed by atoms with Gasteiger partial charge in [0.25, 0.3) is 0 Å². The minimum Gasteiger partial charge on any atom is -0.494 e. The molecule has 0 unspecified atom stereocenters. The number of rotatable bonds is 6. The summed E-state index contributed by atoms with van der Waals surface area (Å²) in [6.07, 6.45) is 0. The summed E-state index contributed by atoms with van der Waals surface area (Å²) in [5, 5.41) is 3.62. The molecule has 0 spiro atoms. The number of anilines is 1. The van der Waals surface area contributed by atoms with Crippen LogP contribution >= 0.6 is 0 Å².